The van der Waals surface area contributed by atoms with E-state index in [1.807, 2.05) is 65.0 Å². The molecule has 0 saturated carbocycles. The van der Waals surface area contributed by atoms with E-state index < -0.39 is 0 Å². The fraction of sp³-hybridized carbons (Fsp3) is 0.273. The van der Waals surface area contributed by atoms with E-state index in [0.717, 1.165) is 16.2 Å². The van der Waals surface area contributed by atoms with Crippen LogP contribution >= 0.6 is 24.4 Å². The molecular formula is C22H33NS2. The SMILES string of the molecule is C=C(C)/C(C)=C/C.C=C(C)S/C=C(\C)C=CS.Cc1ccc(N)cc1. The van der Waals surface area contributed by atoms with Gasteiger partial charge in [-0.15, -0.1) is 11.8 Å². The lowest BCUT2D eigenvalue weighted by molar-refractivity contribution is 1.34. The van der Waals surface area contributed by atoms with Gasteiger partial charge >= 0.3 is 0 Å². The zero-order valence-corrected chi connectivity index (χ0v) is 18.2. The van der Waals surface area contributed by atoms with E-state index >= 15 is 0 Å². The Morgan fingerprint density at radius 1 is 1.08 bits per heavy atom. The van der Waals surface area contributed by atoms with Gasteiger partial charge < -0.3 is 5.73 Å². The van der Waals surface area contributed by atoms with Crippen LogP contribution in [0.5, 0.6) is 0 Å². The van der Waals surface area contributed by atoms with Crippen molar-refractivity contribution >= 4 is 30.1 Å². The Morgan fingerprint density at radius 2 is 1.60 bits per heavy atom. The van der Waals surface area contributed by atoms with E-state index in [0.29, 0.717) is 0 Å². The molecule has 0 radical (unpaired) electrons. The highest BCUT2D eigenvalue weighted by Crippen LogP contribution is 2.16. The second kappa shape index (κ2) is 15.9. The maximum atomic E-state index is 5.43. The molecule has 0 spiro atoms. The van der Waals surface area contributed by atoms with Gasteiger partial charge in [0.1, 0.15) is 0 Å². The molecule has 0 bridgehead atoms. The first-order valence-electron chi connectivity index (χ1n) is 8.04. The summed E-state index contributed by atoms with van der Waals surface area (Å²) >= 11 is 5.59. The van der Waals surface area contributed by atoms with Crippen LogP contribution in [-0.2, 0) is 0 Å². The molecule has 2 N–H and O–H groups in total. The minimum absolute atomic E-state index is 0.829. The predicted octanol–water partition coefficient (Wildman–Crippen LogP) is 7.71. The van der Waals surface area contributed by atoms with Gasteiger partial charge in [0.25, 0.3) is 0 Å². The molecule has 0 aliphatic carbocycles. The number of nitrogen functional groups attached to an aromatic ring is 1. The van der Waals surface area contributed by atoms with Crippen LogP contribution in [-0.4, -0.2) is 0 Å². The number of anilines is 1. The van der Waals surface area contributed by atoms with E-state index in [1.54, 1.807) is 17.2 Å². The largest absolute Gasteiger partial charge is 0.399 e. The maximum absolute atomic E-state index is 5.43. The molecule has 1 nitrogen and oxygen atoms in total. The summed E-state index contributed by atoms with van der Waals surface area (Å²) in [6, 6.07) is 7.79. The average Bonchev–Trinajstić information content (AvgIpc) is 2.56. The summed E-state index contributed by atoms with van der Waals surface area (Å²) in [6.45, 7) is 19.7. The zero-order chi connectivity index (χ0) is 19.8. The Balaban J connectivity index is 0. The fourth-order valence-corrected chi connectivity index (χ4v) is 1.86. The molecule has 138 valence electrons. The van der Waals surface area contributed by atoms with Crippen LogP contribution in [0.25, 0.3) is 0 Å². The Bertz CT molecular complexity index is 584. The topological polar surface area (TPSA) is 26.0 Å². The van der Waals surface area contributed by atoms with Gasteiger partial charge in [0.2, 0.25) is 0 Å². The Morgan fingerprint density at radius 3 is 1.88 bits per heavy atom. The third kappa shape index (κ3) is 18.6. The van der Waals surface area contributed by atoms with Crippen molar-refractivity contribution in [3.05, 3.63) is 87.6 Å². The summed E-state index contributed by atoms with van der Waals surface area (Å²) in [6.07, 6.45) is 4.00. The first kappa shape index (κ1) is 25.7. The van der Waals surface area contributed by atoms with E-state index in [-0.39, 0.29) is 0 Å². The van der Waals surface area contributed by atoms with Crippen molar-refractivity contribution in [1.29, 1.82) is 0 Å². The number of thioether (sulfide) groups is 1. The molecular weight excluding hydrogens is 342 g/mol. The molecule has 25 heavy (non-hydrogen) atoms. The molecule has 0 amide bonds. The second-order valence-corrected chi connectivity index (χ2v) is 7.13. The van der Waals surface area contributed by atoms with Gasteiger partial charge in [-0.05, 0) is 75.0 Å². The van der Waals surface area contributed by atoms with E-state index in [1.165, 1.54) is 16.7 Å². The van der Waals surface area contributed by atoms with Gasteiger partial charge in [0, 0.05) is 5.69 Å². The summed E-state index contributed by atoms with van der Waals surface area (Å²) in [4.78, 5) is 1.10. The van der Waals surface area contributed by atoms with Crippen LogP contribution in [0.4, 0.5) is 5.69 Å². The summed E-state index contributed by atoms with van der Waals surface area (Å²) in [5.74, 6) is 0. The standard InChI is InChI=1S/C8H12S2.C7H9N.C7H12/c1-7(2)10-6-8(3)4-5-9;1-6-2-4-7(8)5-3-6;1-5-7(4)6(2)3/h4-6,9H,1H2,2-3H3;2-5H,8H2,1H3;5H,2H2,1,3-4H3/b5-4?,8-6+;;7-5+. The number of benzene rings is 1. The predicted molar refractivity (Wildman–Crippen MR) is 124 cm³/mol. The highest BCUT2D eigenvalue weighted by Gasteiger charge is 1.83. The van der Waals surface area contributed by atoms with Crippen molar-refractivity contribution in [1.82, 2.24) is 0 Å². The molecule has 0 heterocycles. The minimum Gasteiger partial charge on any atom is -0.399 e. The average molecular weight is 376 g/mol. The molecule has 1 rings (SSSR count). The van der Waals surface area contributed by atoms with Gasteiger partial charge in [0.05, 0.1) is 0 Å². The van der Waals surface area contributed by atoms with Gasteiger partial charge in [0.15, 0.2) is 0 Å². The molecule has 0 aliphatic heterocycles. The summed E-state index contributed by atoms with van der Waals surface area (Å²) in [5.41, 5.74) is 11.1. The number of hydrogen-bond donors (Lipinski definition) is 2. The first-order valence-corrected chi connectivity index (χ1v) is 9.44. The van der Waals surface area contributed by atoms with Gasteiger partial charge in [-0.3, -0.25) is 0 Å². The molecule has 0 fully saturated rings. The Kier molecular flexibility index (Phi) is 16.3. The lowest BCUT2D eigenvalue weighted by Crippen LogP contribution is -1.81. The molecule has 0 aromatic heterocycles. The molecule has 0 atom stereocenters. The van der Waals surface area contributed by atoms with Crippen molar-refractivity contribution in [3.63, 3.8) is 0 Å². The van der Waals surface area contributed by atoms with Gasteiger partial charge in [-0.1, -0.05) is 54.2 Å². The van der Waals surface area contributed by atoms with Crippen molar-refractivity contribution in [2.45, 2.75) is 41.5 Å². The molecule has 1 aromatic carbocycles. The third-order valence-electron chi connectivity index (χ3n) is 2.97. The Labute approximate surface area is 164 Å². The smallest absolute Gasteiger partial charge is 0.0314 e. The number of thiol groups is 1. The van der Waals surface area contributed by atoms with Crippen molar-refractivity contribution < 1.29 is 0 Å². The van der Waals surface area contributed by atoms with Gasteiger partial charge in [-0.2, -0.15) is 12.6 Å². The second-order valence-electron chi connectivity index (χ2n) is 5.66. The number of allylic oxidation sites excluding steroid dienone is 6. The normalized spacial score (nSPS) is 11.2. The maximum Gasteiger partial charge on any atom is 0.0314 e. The molecule has 0 aliphatic rings. The van der Waals surface area contributed by atoms with E-state index in [4.69, 9.17) is 5.73 Å². The van der Waals surface area contributed by atoms with Crippen LogP contribution in [0.3, 0.4) is 0 Å². The summed E-state index contributed by atoms with van der Waals surface area (Å²) < 4.78 is 0. The molecule has 3 heteroatoms. The van der Waals surface area contributed by atoms with Crippen LogP contribution in [0.1, 0.15) is 40.2 Å². The number of hydrogen-bond acceptors (Lipinski definition) is 3. The van der Waals surface area contributed by atoms with Crippen molar-refractivity contribution in [3.8, 4) is 0 Å². The lowest BCUT2D eigenvalue weighted by atomic mass is 10.2. The summed E-state index contributed by atoms with van der Waals surface area (Å²) in [7, 11) is 0. The van der Waals surface area contributed by atoms with Gasteiger partial charge in [-0.25, -0.2) is 0 Å². The minimum atomic E-state index is 0.829. The Hall–Kier alpha value is -1.58. The van der Waals surface area contributed by atoms with Crippen LogP contribution in [0, 0.1) is 6.92 Å². The van der Waals surface area contributed by atoms with E-state index in [2.05, 4.69) is 44.2 Å². The number of rotatable bonds is 4. The number of nitrogens with two attached hydrogens (primary N) is 1. The molecule has 0 unspecified atom stereocenters. The lowest BCUT2D eigenvalue weighted by Gasteiger charge is -1.92. The van der Waals surface area contributed by atoms with Crippen molar-refractivity contribution in [2.24, 2.45) is 0 Å². The van der Waals surface area contributed by atoms with E-state index in [9.17, 15) is 0 Å². The van der Waals surface area contributed by atoms with Crippen molar-refractivity contribution in [2.75, 3.05) is 5.73 Å². The molecule has 1 aromatic rings. The van der Waals surface area contributed by atoms with Crippen LogP contribution in [0.15, 0.2) is 82.0 Å². The monoisotopic (exact) mass is 375 g/mol. The summed E-state index contributed by atoms with van der Waals surface area (Å²) in [5, 5.41) is 3.78. The molecule has 0 saturated heterocycles. The third-order valence-corrected chi connectivity index (χ3v) is 4.01. The van der Waals surface area contributed by atoms with Crippen LogP contribution < -0.4 is 5.73 Å². The highest BCUT2D eigenvalue weighted by atomic mass is 32.2. The quantitative estimate of drug-likeness (QED) is 0.320. The fourth-order valence-electron chi connectivity index (χ4n) is 1.16. The highest BCUT2D eigenvalue weighted by molar-refractivity contribution is 8.05. The first-order chi connectivity index (χ1) is 11.6. The number of aryl methyl sites for hydroxylation is 1. The van der Waals surface area contributed by atoms with Crippen LogP contribution in [0.2, 0.25) is 0 Å². The zero-order valence-electron chi connectivity index (χ0n) is 16.5.